The number of methoxy groups -OCH3 is 1. The Kier molecular flexibility index (Phi) is 4.54. The average molecular weight is 356 g/mol. The first-order valence-electron chi connectivity index (χ1n) is 8.24. The van der Waals surface area contributed by atoms with E-state index < -0.39 is 11.5 Å². The van der Waals surface area contributed by atoms with Crippen molar-refractivity contribution >= 4 is 11.9 Å². The zero-order valence-corrected chi connectivity index (χ0v) is 14.9. The van der Waals surface area contributed by atoms with E-state index in [1.54, 1.807) is 36.4 Å². The lowest BCUT2D eigenvalue weighted by Gasteiger charge is -2.29. The van der Waals surface area contributed by atoms with Crippen molar-refractivity contribution in [2.24, 2.45) is 0 Å². The van der Waals surface area contributed by atoms with Crippen molar-refractivity contribution in [3.8, 4) is 11.4 Å². The van der Waals surface area contributed by atoms with Crippen molar-refractivity contribution in [3.63, 3.8) is 0 Å². The van der Waals surface area contributed by atoms with Crippen LogP contribution in [0.1, 0.15) is 34.0 Å². The Hall–Kier alpha value is -3.09. The number of aromatic carboxylic acids is 1. The third kappa shape index (κ3) is 2.96. The number of carbonyl (C=O) groups excluding carboxylic acids is 1. The molecule has 1 aliphatic rings. The summed E-state index contributed by atoms with van der Waals surface area (Å²) in [5, 5.41) is 9.61. The highest BCUT2D eigenvalue weighted by Gasteiger charge is 2.27. The van der Waals surface area contributed by atoms with E-state index in [2.05, 4.69) is 0 Å². The van der Waals surface area contributed by atoms with Gasteiger partial charge in [0, 0.05) is 26.2 Å². The smallest absolute Gasteiger partial charge is 0.341 e. The van der Waals surface area contributed by atoms with E-state index in [0.29, 0.717) is 42.1 Å². The van der Waals surface area contributed by atoms with Crippen molar-refractivity contribution in [2.45, 2.75) is 26.8 Å². The van der Waals surface area contributed by atoms with E-state index in [-0.39, 0.29) is 11.5 Å². The van der Waals surface area contributed by atoms with E-state index in [1.165, 1.54) is 11.5 Å². The predicted octanol–water partition coefficient (Wildman–Crippen LogP) is 1.76. The predicted molar refractivity (Wildman–Crippen MR) is 95.1 cm³/mol. The molecule has 0 unspecified atom stereocenters. The van der Waals surface area contributed by atoms with Crippen LogP contribution in [0.3, 0.4) is 0 Å². The number of aromatic nitrogens is 1. The van der Waals surface area contributed by atoms with Crippen molar-refractivity contribution < 1.29 is 19.4 Å². The molecule has 2 aromatic rings. The van der Waals surface area contributed by atoms with Crippen LogP contribution in [-0.4, -0.2) is 40.1 Å². The van der Waals surface area contributed by atoms with Crippen LogP contribution in [0, 0.1) is 6.92 Å². The van der Waals surface area contributed by atoms with E-state index in [1.807, 2.05) is 6.92 Å². The Balaban J connectivity index is 2.23. The molecule has 1 aromatic heterocycles. The topological polar surface area (TPSA) is 88.8 Å². The number of rotatable bonds is 3. The molecule has 1 aliphatic heterocycles. The summed E-state index contributed by atoms with van der Waals surface area (Å²) < 4.78 is 6.53. The van der Waals surface area contributed by atoms with Crippen molar-refractivity contribution in [3.05, 3.63) is 57.0 Å². The fourth-order valence-electron chi connectivity index (χ4n) is 3.35. The second kappa shape index (κ2) is 6.67. The van der Waals surface area contributed by atoms with Gasteiger partial charge in [-0.1, -0.05) is 0 Å². The summed E-state index contributed by atoms with van der Waals surface area (Å²) in [6.45, 7) is 4.01. The summed E-state index contributed by atoms with van der Waals surface area (Å²) >= 11 is 0. The molecule has 0 radical (unpaired) electrons. The molecule has 26 heavy (non-hydrogen) atoms. The zero-order valence-electron chi connectivity index (χ0n) is 14.9. The molecular weight excluding hydrogens is 336 g/mol. The number of hydrogen-bond donors (Lipinski definition) is 1. The maximum atomic E-state index is 12.9. The van der Waals surface area contributed by atoms with E-state index in [0.717, 1.165) is 5.56 Å². The van der Waals surface area contributed by atoms with Crippen LogP contribution < -0.4 is 10.3 Å². The number of pyridine rings is 1. The van der Waals surface area contributed by atoms with Gasteiger partial charge in [-0.3, -0.25) is 14.2 Å². The van der Waals surface area contributed by atoms with Crippen LogP contribution in [-0.2, 0) is 17.8 Å². The third-order valence-electron chi connectivity index (χ3n) is 4.72. The first-order chi connectivity index (χ1) is 12.3. The minimum Gasteiger partial charge on any atom is -0.497 e. The van der Waals surface area contributed by atoms with Gasteiger partial charge in [0.05, 0.1) is 12.8 Å². The van der Waals surface area contributed by atoms with Crippen LogP contribution in [0.25, 0.3) is 5.69 Å². The Morgan fingerprint density at radius 3 is 2.58 bits per heavy atom. The van der Waals surface area contributed by atoms with Gasteiger partial charge in [0.1, 0.15) is 11.3 Å². The fourth-order valence-corrected chi connectivity index (χ4v) is 3.35. The molecule has 0 spiro atoms. The summed E-state index contributed by atoms with van der Waals surface area (Å²) in [5.41, 5.74) is 1.77. The highest BCUT2D eigenvalue weighted by atomic mass is 16.5. The largest absolute Gasteiger partial charge is 0.497 e. The SMILES string of the molecule is COc1ccc(-n2cc3c(c(C(=O)O)c2=O)CCN(C(C)=O)C3)c(C)c1. The summed E-state index contributed by atoms with van der Waals surface area (Å²) in [7, 11) is 1.55. The van der Waals surface area contributed by atoms with Crippen LogP contribution in [0.4, 0.5) is 0 Å². The first-order valence-corrected chi connectivity index (χ1v) is 8.24. The molecule has 0 fully saturated rings. The Morgan fingerprint density at radius 1 is 1.27 bits per heavy atom. The molecule has 136 valence electrons. The number of aryl methyl sites for hydroxylation is 1. The maximum Gasteiger partial charge on any atom is 0.341 e. The van der Waals surface area contributed by atoms with Gasteiger partial charge in [0.25, 0.3) is 5.56 Å². The number of hydrogen-bond acceptors (Lipinski definition) is 4. The Labute approximate surface area is 150 Å². The molecule has 1 aromatic carbocycles. The van der Waals surface area contributed by atoms with Crippen LogP contribution in [0.15, 0.2) is 29.2 Å². The molecule has 1 N–H and O–H groups in total. The summed E-state index contributed by atoms with van der Waals surface area (Å²) in [6.07, 6.45) is 2.00. The molecule has 0 saturated carbocycles. The number of benzene rings is 1. The summed E-state index contributed by atoms with van der Waals surface area (Å²) in [5.74, 6) is -0.674. The van der Waals surface area contributed by atoms with Gasteiger partial charge >= 0.3 is 5.97 Å². The van der Waals surface area contributed by atoms with Gasteiger partial charge in [-0.05, 0) is 48.2 Å². The standard InChI is InChI=1S/C19H20N2O5/c1-11-8-14(26-3)4-5-16(11)21-10-13-9-20(12(2)22)7-6-15(13)17(18(21)23)19(24)25/h4-5,8,10H,6-7,9H2,1-3H3,(H,24,25). The number of fused-ring (bicyclic) bond motifs is 1. The summed E-state index contributed by atoms with van der Waals surface area (Å²) in [6, 6.07) is 5.22. The number of nitrogens with zero attached hydrogens (tertiary/aromatic N) is 2. The van der Waals surface area contributed by atoms with E-state index in [4.69, 9.17) is 4.74 Å². The highest BCUT2D eigenvalue weighted by Crippen LogP contribution is 2.24. The van der Waals surface area contributed by atoms with Gasteiger partial charge in [-0.15, -0.1) is 0 Å². The second-order valence-electron chi connectivity index (χ2n) is 6.33. The highest BCUT2D eigenvalue weighted by molar-refractivity contribution is 5.89. The van der Waals surface area contributed by atoms with Crippen molar-refractivity contribution in [1.82, 2.24) is 9.47 Å². The normalized spacial score (nSPS) is 13.3. The van der Waals surface area contributed by atoms with Crippen molar-refractivity contribution in [2.75, 3.05) is 13.7 Å². The molecular formula is C19H20N2O5. The quantitative estimate of drug-likeness (QED) is 0.905. The minimum absolute atomic E-state index is 0.0779. The zero-order chi connectivity index (χ0) is 19.0. The number of carboxylic acids is 1. The number of ether oxygens (including phenoxy) is 1. The van der Waals surface area contributed by atoms with Crippen molar-refractivity contribution in [1.29, 1.82) is 0 Å². The van der Waals surface area contributed by atoms with Crippen LogP contribution in [0.5, 0.6) is 5.75 Å². The lowest BCUT2D eigenvalue weighted by molar-refractivity contribution is -0.129. The Bertz CT molecular complexity index is 961. The molecule has 3 rings (SSSR count). The van der Waals surface area contributed by atoms with Crippen LogP contribution in [0.2, 0.25) is 0 Å². The molecule has 2 heterocycles. The van der Waals surface area contributed by atoms with E-state index in [9.17, 15) is 19.5 Å². The molecule has 1 amide bonds. The van der Waals surface area contributed by atoms with E-state index >= 15 is 0 Å². The fraction of sp³-hybridized carbons (Fsp3) is 0.316. The average Bonchev–Trinajstić information content (AvgIpc) is 2.60. The number of carbonyl (C=O) groups is 2. The monoisotopic (exact) mass is 356 g/mol. The molecule has 0 bridgehead atoms. The number of amides is 1. The minimum atomic E-state index is -1.25. The lowest BCUT2D eigenvalue weighted by atomic mass is 9.96. The molecule has 0 saturated heterocycles. The molecule has 0 atom stereocenters. The van der Waals surface area contributed by atoms with Gasteiger partial charge < -0.3 is 14.7 Å². The number of carboxylic acid groups (broad SMARTS) is 1. The summed E-state index contributed by atoms with van der Waals surface area (Å²) in [4.78, 5) is 38.0. The first kappa shape index (κ1) is 17.7. The lowest BCUT2D eigenvalue weighted by Crippen LogP contribution is -2.38. The second-order valence-corrected chi connectivity index (χ2v) is 6.33. The van der Waals surface area contributed by atoms with Gasteiger partial charge in [-0.25, -0.2) is 4.79 Å². The molecule has 7 heteroatoms. The van der Waals surface area contributed by atoms with Gasteiger partial charge in [-0.2, -0.15) is 0 Å². The van der Waals surface area contributed by atoms with Gasteiger partial charge in [0.15, 0.2) is 0 Å². The third-order valence-corrected chi connectivity index (χ3v) is 4.72. The molecule has 0 aliphatic carbocycles. The Morgan fingerprint density at radius 2 is 2.00 bits per heavy atom. The van der Waals surface area contributed by atoms with Crippen LogP contribution >= 0.6 is 0 Å². The van der Waals surface area contributed by atoms with Gasteiger partial charge in [0.2, 0.25) is 5.91 Å². The molecule has 7 nitrogen and oxygen atoms in total. The maximum absolute atomic E-state index is 12.9.